The number of hydroxylamine groups is 1. The number of hydrogen-bond donors (Lipinski definition) is 2. The van der Waals surface area contributed by atoms with Crippen LogP contribution in [-0.2, 0) is 10.3 Å². The second-order valence-electron chi connectivity index (χ2n) is 2.80. The van der Waals surface area contributed by atoms with Crippen molar-refractivity contribution in [3.05, 3.63) is 29.3 Å². The molecule has 1 unspecified atom stereocenters. The third-order valence-electron chi connectivity index (χ3n) is 1.75. The van der Waals surface area contributed by atoms with Crippen molar-refractivity contribution in [2.75, 3.05) is 7.05 Å². The lowest BCUT2D eigenvalue weighted by atomic mass is 10.3. The summed E-state index contributed by atoms with van der Waals surface area (Å²) in [6, 6.07) is 5.43. The fourth-order valence-corrected chi connectivity index (χ4v) is 1.37. The molecule has 0 fully saturated rings. The zero-order valence-electron chi connectivity index (χ0n) is 7.25. The van der Waals surface area contributed by atoms with E-state index in [4.69, 9.17) is 16.2 Å². The molecule has 0 heterocycles. The summed E-state index contributed by atoms with van der Waals surface area (Å²) >= 11 is 5.58. The van der Waals surface area contributed by atoms with E-state index in [1.54, 1.807) is 0 Å². The Morgan fingerprint density at radius 1 is 1.29 bits per heavy atom. The Labute approximate surface area is 86.6 Å². The van der Waals surface area contributed by atoms with Gasteiger partial charge >= 0.3 is 10.3 Å². The van der Waals surface area contributed by atoms with Crippen LogP contribution < -0.4 is 4.05 Å². The first-order valence-electron chi connectivity index (χ1n) is 3.58. The van der Waals surface area contributed by atoms with Gasteiger partial charge in [-0.15, -0.1) is 8.42 Å². The maximum Gasteiger partial charge on any atom is 0.469 e. The molecule has 0 saturated carbocycles. The van der Waals surface area contributed by atoms with Gasteiger partial charge in [0, 0.05) is 17.2 Å². The molecule has 78 valence electrons. The zero-order chi connectivity index (χ0) is 11.0. The summed E-state index contributed by atoms with van der Waals surface area (Å²) in [6.45, 7) is 0. The second-order valence-corrected chi connectivity index (χ2v) is 4.85. The molecule has 0 radical (unpaired) electrons. The average Bonchev–Trinajstić information content (AvgIpc) is 2.03. The lowest BCUT2D eigenvalue weighted by molar-refractivity contribution is 0.0268. The topological polar surface area (TPSA) is 74.6 Å². The molecule has 0 saturated heterocycles. The van der Waals surface area contributed by atoms with Crippen molar-refractivity contribution in [3.63, 3.8) is 0 Å². The lowest BCUT2D eigenvalue weighted by Gasteiger charge is -2.19. The quantitative estimate of drug-likeness (QED) is 0.465. The fourth-order valence-electron chi connectivity index (χ4n) is 0.851. The van der Waals surface area contributed by atoms with Crippen molar-refractivity contribution >= 4 is 27.6 Å². The van der Waals surface area contributed by atoms with Crippen LogP contribution in [0.1, 0.15) is 0 Å². The molecular formula is C7H9ClNO4S+. The molecule has 0 spiro atoms. The van der Waals surface area contributed by atoms with Gasteiger partial charge < -0.3 is 0 Å². The Morgan fingerprint density at radius 2 is 1.71 bits per heavy atom. The van der Waals surface area contributed by atoms with E-state index in [-0.39, 0.29) is 5.69 Å². The highest BCUT2D eigenvalue weighted by atomic mass is 35.5. The first kappa shape index (κ1) is 11.4. The van der Waals surface area contributed by atoms with Gasteiger partial charge in [-0.05, 0) is 16.2 Å². The second kappa shape index (κ2) is 3.48. The van der Waals surface area contributed by atoms with Crippen LogP contribution in [0, 0.1) is 0 Å². The number of hydrogen-bond acceptors (Lipinski definition) is 3. The standard InChI is InChI=1S/C7H8ClNO4S/c1-9(10,14(11,12)13)7-4-2-6(8)3-5-7/h2-5,10H,1H3/p+1. The van der Waals surface area contributed by atoms with Gasteiger partial charge in [0.05, 0.1) is 0 Å². The largest absolute Gasteiger partial charge is 0.469 e. The normalized spacial score (nSPS) is 16.3. The third-order valence-corrected chi connectivity index (χ3v) is 3.12. The minimum atomic E-state index is -4.62. The van der Waals surface area contributed by atoms with E-state index in [9.17, 15) is 13.6 Å². The molecule has 1 rings (SSSR count). The molecule has 5 nitrogen and oxygen atoms in total. The lowest BCUT2D eigenvalue weighted by Crippen LogP contribution is -2.46. The summed E-state index contributed by atoms with van der Waals surface area (Å²) in [7, 11) is -3.69. The maximum atomic E-state index is 10.8. The van der Waals surface area contributed by atoms with Crippen molar-refractivity contribution < 1.29 is 18.2 Å². The molecule has 7 heteroatoms. The van der Waals surface area contributed by atoms with Crippen LogP contribution in [0.5, 0.6) is 0 Å². The summed E-state index contributed by atoms with van der Waals surface area (Å²) < 4.78 is 28.7. The average molecular weight is 239 g/mol. The van der Waals surface area contributed by atoms with E-state index < -0.39 is 14.4 Å². The zero-order valence-corrected chi connectivity index (χ0v) is 8.83. The van der Waals surface area contributed by atoms with Crippen molar-refractivity contribution in [1.29, 1.82) is 0 Å². The smallest absolute Gasteiger partial charge is 0.239 e. The number of benzene rings is 1. The molecule has 1 aromatic rings. The maximum absolute atomic E-state index is 10.8. The summed E-state index contributed by atoms with van der Waals surface area (Å²) in [5.41, 5.74) is -0.00287. The van der Waals surface area contributed by atoms with Gasteiger partial charge in [0.1, 0.15) is 7.05 Å². The van der Waals surface area contributed by atoms with Crippen LogP contribution in [0.3, 0.4) is 0 Å². The highest BCUT2D eigenvalue weighted by Gasteiger charge is 2.37. The SMILES string of the molecule is C[N+](O)(c1ccc(Cl)cc1)S(=O)(=O)O. The molecule has 0 aliphatic rings. The number of nitrogens with zero attached hydrogens (tertiary/aromatic N) is 1. The van der Waals surface area contributed by atoms with Crippen LogP contribution in [-0.4, -0.2) is 25.2 Å². The van der Waals surface area contributed by atoms with E-state index in [0.29, 0.717) is 5.02 Å². The number of quaternary nitrogens is 1. The van der Waals surface area contributed by atoms with Crippen LogP contribution in [0.25, 0.3) is 0 Å². The first-order chi connectivity index (χ1) is 6.25. The summed E-state index contributed by atoms with van der Waals surface area (Å²) in [6.07, 6.45) is 0. The van der Waals surface area contributed by atoms with Gasteiger partial charge in [0.25, 0.3) is 0 Å². The Hall–Kier alpha value is -0.660. The molecule has 2 N–H and O–H groups in total. The van der Waals surface area contributed by atoms with Gasteiger partial charge in [-0.1, -0.05) is 11.6 Å². The minimum Gasteiger partial charge on any atom is -0.239 e. The molecule has 14 heavy (non-hydrogen) atoms. The van der Waals surface area contributed by atoms with Crippen molar-refractivity contribution in [1.82, 2.24) is 4.05 Å². The predicted molar refractivity (Wildman–Crippen MR) is 52.5 cm³/mol. The third kappa shape index (κ3) is 2.05. The van der Waals surface area contributed by atoms with Gasteiger partial charge in [-0.25, -0.2) is 4.55 Å². The van der Waals surface area contributed by atoms with E-state index in [0.717, 1.165) is 7.05 Å². The Kier molecular flexibility index (Phi) is 2.84. The van der Waals surface area contributed by atoms with Gasteiger partial charge in [0.15, 0.2) is 5.69 Å². The predicted octanol–water partition coefficient (Wildman–Crippen LogP) is 1.47. The fraction of sp³-hybridized carbons (Fsp3) is 0.143. The minimum absolute atomic E-state index is 0.00287. The van der Waals surface area contributed by atoms with Crippen LogP contribution >= 0.6 is 11.6 Å². The molecule has 0 aliphatic carbocycles. The summed E-state index contributed by atoms with van der Waals surface area (Å²) in [5, 5.41) is 9.88. The van der Waals surface area contributed by atoms with Crippen molar-refractivity contribution in [2.24, 2.45) is 0 Å². The first-order valence-corrected chi connectivity index (χ1v) is 5.35. The molecule has 1 aromatic carbocycles. The number of rotatable bonds is 2. The monoisotopic (exact) mass is 238 g/mol. The van der Waals surface area contributed by atoms with E-state index in [1.807, 2.05) is 0 Å². The highest BCUT2D eigenvalue weighted by molar-refractivity contribution is 7.85. The summed E-state index contributed by atoms with van der Waals surface area (Å²) in [5.74, 6) is 0. The van der Waals surface area contributed by atoms with Gasteiger partial charge in [-0.2, -0.15) is 5.21 Å². The Balaban J connectivity index is 3.24. The van der Waals surface area contributed by atoms with Crippen molar-refractivity contribution in [3.8, 4) is 0 Å². The van der Waals surface area contributed by atoms with Crippen LogP contribution in [0.4, 0.5) is 5.69 Å². The molecule has 0 bridgehead atoms. The molecule has 0 amide bonds. The Morgan fingerprint density at radius 3 is 2.07 bits per heavy atom. The molecule has 1 atom stereocenters. The van der Waals surface area contributed by atoms with Gasteiger partial charge in [0.2, 0.25) is 0 Å². The summed E-state index contributed by atoms with van der Waals surface area (Å²) in [4.78, 5) is 0. The highest BCUT2D eigenvalue weighted by Crippen LogP contribution is 2.23. The van der Waals surface area contributed by atoms with Crippen LogP contribution in [0.15, 0.2) is 24.3 Å². The van der Waals surface area contributed by atoms with Crippen LogP contribution in [0.2, 0.25) is 5.02 Å². The van der Waals surface area contributed by atoms with Crippen molar-refractivity contribution in [2.45, 2.75) is 0 Å². The van der Waals surface area contributed by atoms with E-state index in [2.05, 4.69) is 0 Å². The van der Waals surface area contributed by atoms with E-state index >= 15 is 0 Å². The van der Waals surface area contributed by atoms with E-state index in [1.165, 1.54) is 24.3 Å². The molecule has 0 aromatic heterocycles. The number of halogens is 1. The van der Waals surface area contributed by atoms with Gasteiger partial charge in [-0.3, -0.25) is 0 Å². The Bertz CT molecular complexity index is 426. The molecule has 0 aliphatic heterocycles. The molecular weight excluding hydrogens is 230 g/mol.